The lowest BCUT2D eigenvalue weighted by atomic mass is 9.96. The van der Waals surface area contributed by atoms with Crippen molar-refractivity contribution < 1.29 is 14.3 Å². The van der Waals surface area contributed by atoms with Crippen molar-refractivity contribution >= 4 is 17.9 Å². The third-order valence-corrected chi connectivity index (χ3v) is 6.52. The molecule has 1 aliphatic rings. The smallest absolute Gasteiger partial charge is 0.246 e. The highest BCUT2D eigenvalue weighted by Crippen LogP contribution is 2.29. The molecule has 0 atom stereocenters. The van der Waals surface area contributed by atoms with E-state index in [0.717, 1.165) is 24.4 Å². The first kappa shape index (κ1) is 25.2. The summed E-state index contributed by atoms with van der Waals surface area (Å²) in [6.07, 6.45) is 3.22. The van der Waals surface area contributed by atoms with E-state index in [9.17, 15) is 9.59 Å². The van der Waals surface area contributed by atoms with Gasteiger partial charge in [-0.15, -0.1) is 0 Å². The van der Waals surface area contributed by atoms with Gasteiger partial charge in [0.1, 0.15) is 5.75 Å². The van der Waals surface area contributed by atoms with Crippen molar-refractivity contribution in [2.45, 2.75) is 6.04 Å². The van der Waals surface area contributed by atoms with Crippen molar-refractivity contribution in [3.63, 3.8) is 0 Å². The van der Waals surface area contributed by atoms with Crippen LogP contribution >= 0.6 is 0 Å². The normalized spacial score (nSPS) is 14.2. The largest absolute Gasteiger partial charge is 0.497 e. The van der Waals surface area contributed by atoms with Gasteiger partial charge >= 0.3 is 0 Å². The fourth-order valence-corrected chi connectivity index (χ4v) is 4.54. The number of methoxy groups -OCH3 is 1. The summed E-state index contributed by atoms with van der Waals surface area (Å²) in [5.74, 6) is 0.489. The highest BCUT2D eigenvalue weighted by Gasteiger charge is 2.28. The Hall–Kier alpha value is -3.90. The molecule has 1 heterocycles. The van der Waals surface area contributed by atoms with Crippen LogP contribution in [0.3, 0.4) is 0 Å². The lowest BCUT2D eigenvalue weighted by molar-refractivity contribution is -0.138. The summed E-state index contributed by atoms with van der Waals surface area (Å²) in [6, 6.07) is 28.6. The third-order valence-electron chi connectivity index (χ3n) is 6.52. The number of likely N-dealkylation sites (N-methyl/N-ethyl adjacent to an activating group) is 1. The lowest BCUT2D eigenvalue weighted by Gasteiger charge is -2.40. The number of hydrogen-bond donors (Lipinski definition) is 0. The number of nitrogens with zero attached hydrogens (tertiary/aromatic N) is 3. The first-order valence-electron chi connectivity index (χ1n) is 12.2. The van der Waals surface area contributed by atoms with Gasteiger partial charge in [-0.2, -0.15) is 0 Å². The number of amides is 2. The molecule has 1 aliphatic heterocycles. The van der Waals surface area contributed by atoms with Gasteiger partial charge < -0.3 is 14.5 Å². The Bertz CT molecular complexity index is 1130. The Balaban J connectivity index is 1.33. The average Bonchev–Trinajstić information content (AvgIpc) is 2.93. The summed E-state index contributed by atoms with van der Waals surface area (Å²) in [6.45, 7) is 2.87. The fraction of sp³-hybridized carbons (Fsp3) is 0.267. The molecule has 0 bridgehead atoms. The van der Waals surface area contributed by atoms with E-state index < -0.39 is 0 Å². The van der Waals surface area contributed by atoms with Crippen LogP contribution < -0.4 is 4.74 Å². The topological polar surface area (TPSA) is 53.1 Å². The Morgan fingerprint density at radius 2 is 1.50 bits per heavy atom. The van der Waals surface area contributed by atoms with Crippen molar-refractivity contribution in [1.29, 1.82) is 0 Å². The SMILES string of the molecule is COc1cccc(/C=C/C(=O)N(C)CC(=O)N2CCN(C(c3ccccc3)c3ccccc3)CC2)c1. The van der Waals surface area contributed by atoms with Gasteiger partial charge in [0.2, 0.25) is 11.8 Å². The number of carbonyl (C=O) groups excluding carboxylic acids is 2. The van der Waals surface area contributed by atoms with Gasteiger partial charge in [0.15, 0.2) is 0 Å². The molecule has 3 aromatic carbocycles. The summed E-state index contributed by atoms with van der Waals surface area (Å²) in [7, 11) is 3.27. The molecule has 0 aromatic heterocycles. The van der Waals surface area contributed by atoms with E-state index >= 15 is 0 Å². The highest BCUT2D eigenvalue weighted by molar-refractivity contribution is 5.94. The van der Waals surface area contributed by atoms with E-state index in [1.807, 2.05) is 41.3 Å². The molecule has 36 heavy (non-hydrogen) atoms. The number of piperazine rings is 1. The van der Waals surface area contributed by atoms with Crippen molar-refractivity contribution in [1.82, 2.24) is 14.7 Å². The molecule has 0 aliphatic carbocycles. The Morgan fingerprint density at radius 3 is 2.08 bits per heavy atom. The predicted molar refractivity (Wildman–Crippen MR) is 143 cm³/mol. The minimum absolute atomic E-state index is 0.0312. The van der Waals surface area contributed by atoms with Crippen LogP contribution in [0.2, 0.25) is 0 Å². The third kappa shape index (κ3) is 6.40. The maximum Gasteiger partial charge on any atom is 0.246 e. The maximum atomic E-state index is 13.0. The first-order chi connectivity index (χ1) is 17.5. The zero-order chi connectivity index (χ0) is 25.3. The van der Waals surface area contributed by atoms with Crippen LogP contribution in [0.4, 0.5) is 0 Å². The van der Waals surface area contributed by atoms with E-state index in [1.54, 1.807) is 20.2 Å². The van der Waals surface area contributed by atoms with Crippen molar-refractivity contribution in [2.24, 2.45) is 0 Å². The van der Waals surface area contributed by atoms with E-state index in [1.165, 1.54) is 22.1 Å². The second kappa shape index (κ2) is 12.2. The maximum absolute atomic E-state index is 13.0. The standard InChI is InChI=1S/C30H33N3O3/c1-31(28(34)17-16-24-10-9-15-27(22-24)36-2)23-29(35)32-18-20-33(21-19-32)30(25-11-5-3-6-12-25)26-13-7-4-8-14-26/h3-17,22,30H,18-21,23H2,1-2H3/b17-16+. The zero-order valence-corrected chi connectivity index (χ0v) is 20.9. The van der Waals surface area contributed by atoms with Crippen molar-refractivity contribution in [3.05, 3.63) is 108 Å². The van der Waals surface area contributed by atoms with E-state index in [0.29, 0.717) is 13.1 Å². The second-order valence-corrected chi connectivity index (χ2v) is 8.94. The fourth-order valence-electron chi connectivity index (χ4n) is 4.54. The highest BCUT2D eigenvalue weighted by atomic mass is 16.5. The van der Waals surface area contributed by atoms with Gasteiger partial charge in [0.25, 0.3) is 0 Å². The number of ether oxygens (including phenoxy) is 1. The number of hydrogen-bond acceptors (Lipinski definition) is 4. The molecule has 0 N–H and O–H groups in total. The molecule has 4 rings (SSSR count). The van der Waals surface area contributed by atoms with Crippen molar-refractivity contribution in [2.75, 3.05) is 46.9 Å². The minimum atomic E-state index is -0.210. The van der Waals surface area contributed by atoms with Crippen LogP contribution in [-0.4, -0.2) is 73.4 Å². The van der Waals surface area contributed by atoms with Crippen LogP contribution in [-0.2, 0) is 9.59 Å². The van der Waals surface area contributed by atoms with Gasteiger partial charge in [-0.05, 0) is 34.9 Å². The molecule has 3 aromatic rings. The average molecular weight is 484 g/mol. The van der Waals surface area contributed by atoms with Gasteiger partial charge in [-0.3, -0.25) is 14.5 Å². The molecule has 2 amide bonds. The molecule has 186 valence electrons. The van der Waals surface area contributed by atoms with Gasteiger partial charge in [0.05, 0.1) is 19.7 Å². The van der Waals surface area contributed by atoms with E-state index in [4.69, 9.17) is 4.74 Å². The summed E-state index contributed by atoms with van der Waals surface area (Å²) in [5.41, 5.74) is 3.36. The second-order valence-electron chi connectivity index (χ2n) is 8.94. The molecule has 0 saturated carbocycles. The Morgan fingerprint density at radius 1 is 0.889 bits per heavy atom. The number of benzene rings is 3. The zero-order valence-electron chi connectivity index (χ0n) is 20.9. The minimum Gasteiger partial charge on any atom is -0.497 e. The first-order valence-corrected chi connectivity index (χ1v) is 12.2. The van der Waals surface area contributed by atoms with Crippen molar-refractivity contribution in [3.8, 4) is 5.75 Å². The van der Waals surface area contributed by atoms with Crippen LogP contribution in [0.5, 0.6) is 5.75 Å². The quantitative estimate of drug-likeness (QED) is 0.453. The molecule has 1 fully saturated rings. The van der Waals surface area contributed by atoms with Gasteiger partial charge in [-0.25, -0.2) is 0 Å². The monoisotopic (exact) mass is 483 g/mol. The van der Waals surface area contributed by atoms with Gasteiger partial charge in [-0.1, -0.05) is 72.8 Å². The molecular formula is C30H33N3O3. The van der Waals surface area contributed by atoms with Crippen LogP contribution in [0.25, 0.3) is 6.08 Å². The van der Waals surface area contributed by atoms with Gasteiger partial charge in [0, 0.05) is 39.3 Å². The molecule has 0 unspecified atom stereocenters. The number of carbonyl (C=O) groups is 2. The summed E-state index contributed by atoms with van der Waals surface area (Å²) >= 11 is 0. The lowest BCUT2D eigenvalue weighted by Crippen LogP contribution is -2.52. The summed E-state index contributed by atoms with van der Waals surface area (Å²) in [4.78, 5) is 31.3. The summed E-state index contributed by atoms with van der Waals surface area (Å²) < 4.78 is 5.22. The predicted octanol–water partition coefficient (Wildman–Crippen LogP) is 4.10. The molecule has 1 saturated heterocycles. The molecule has 0 radical (unpaired) electrons. The summed E-state index contributed by atoms with van der Waals surface area (Å²) in [5, 5.41) is 0. The molecule has 6 heteroatoms. The Kier molecular flexibility index (Phi) is 8.53. The molecule has 6 nitrogen and oxygen atoms in total. The van der Waals surface area contributed by atoms with E-state index in [2.05, 4.69) is 53.4 Å². The van der Waals surface area contributed by atoms with Crippen LogP contribution in [0.1, 0.15) is 22.7 Å². The van der Waals surface area contributed by atoms with Crippen LogP contribution in [0.15, 0.2) is 91.0 Å². The number of rotatable bonds is 8. The molecule has 0 spiro atoms. The van der Waals surface area contributed by atoms with Crippen LogP contribution in [0, 0.1) is 0 Å². The Labute approximate surface area is 213 Å². The molecular weight excluding hydrogens is 450 g/mol. The van der Waals surface area contributed by atoms with E-state index in [-0.39, 0.29) is 24.4 Å².